The molecule has 0 radical (unpaired) electrons. The van der Waals surface area contributed by atoms with Gasteiger partial charge < -0.3 is 14.2 Å². The van der Waals surface area contributed by atoms with Gasteiger partial charge in [0.15, 0.2) is 10.8 Å². The van der Waals surface area contributed by atoms with Crippen molar-refractivity contribution < 1.29 is 22.8 Å². The number of benzene rings is 2. The van der Waals surface area contributed by atoms with Gasteiger partial charge in [0.2, 0.25) is 5.88 Å². The van der Waals surface area contributed by atoms with E-state index in [9.17, 15) is 18.3 Å². The summed E-state index contributed by atoms with van der Waals surface area (Å²) in [6, 6.07) is 13.9. The van der Waals surface area contributed by atoms with Crippen LogP contribution in [-0.4, -0.2) is 34.2 Å². The first-order chi connectivity index (χ1) is 17.1. The smallest absolute Gasteiger partial charge is 0.355 e. The van der Waals surface area contributed by atoms with E-state index in [1.807, 2.05) is 19.1 Å². The summed E-state index contributed by atoms with van der Waals surface area (Å²) in [5.41, 5.74) is 3.17. The molecule has 0 saturated carbocycles. The maximum Gasteiger partial charge on any atom is 0.355 e. The number of nitrogens with one attached hydrogen (secondary N) is 1. The highest BCUT2D eigenvalue weighted by Crippen LogP contribution is 2.30. The lowest BCUT2D eigenvalue weighted by Crippen LogP contribution is -2.14. The van der Waals surface area contributed by atoms with E-state index < -0.39 is 16.0 Å². The van der Waals surface area contributed by atoms with Gasteiger partial charge in [0.1, 0.15) is 5.82 Å². The molecule has 4 aromatic rings. The van der Waals surface area contributed by atoms with Gasteiger partial charge in [-0.05, 0) is 37.5 Å². The van der Waals surface area contributed by atoms with Crippen molar-refractivity contribution in [1.29, 1.82) is 0 Å². The van der Waals surface area contributed by atoms with Crippen LogP contribution in [0.5, 0.6) is 0 Å². The molecule has 9 nitrogen and oxygen atoms in total. The SMILES string of the molecule is CCCc1nc(Cl)c(C(=O)O)n1Cc1ccc(-c2ccccc2S(=O)(=O)Nc2onc(C)c2C)cc1. The van der Waals surface area contributed by atoms with Crippen molar-refractivity contribution in [3.8, 4) is 11.1 Å². The molecule has 0 amide bonds. The molecule has 2 aromatic carbocycles. The largest absolute Gasteiger partial charge is 0.476 e. The van der Waals surface area contributed by atoms with Crippen molar-refractivity contribution in [1.82, 2.24) is 14.7 Å². The summed E-state index contributed by atoms with van der Waals surface area (Å²) >= 11 is 6.10. The first-order valence-electron chi connectivity index (χ1n) is 11.2. The van der Waals surface area contributed by atoms with Crippen LogP contribution in [-0.2, 0) is 23.0 Å². The molecule has 4 rings (SSSR count). The fourth-order valence-electron chi connectivity index (χ4n) is 3.85. The Labute approximate surface area is 213 Å². The zero-order valence-electron chi connectivity index (χ0n) is 19.9. The van der Waals surface area contributed by atoms with E-state index in [1.54, 1.807) is 48.7 Å². The van der Waals surface area contributed by atoms with E-state index in [0.29, 0.717) is 34.6 Å². The standard InChI is InChI=1S/C25H25ClN4O5S/c1-4-7-21-27-23(26)22(25(31)32)30(21)14-17-10-12-18(13-11-17)19-8-5-6-9-20(19)36(33,34)29-24-15(2)16(3)28-35-24/h5-6,8-13,29H,4,7,14H2,1-3H3,(H,31,32). The molecule has 0 aliphatic heterocycles. The number of anilines is 1. The number of imidazole rings is 1. The van der Waals surface area contributed by atoms with Gasteiger partial charge in [-0.3, -0.25) is 0 Å². The van der Waals surface area contributed by atoms with Crippen molar-refractivity contribution in [2.45, 2.75) is 45.1 Å². The lowest BCUT2D eigenvalue weighted by Gasteiger charge is -2.13. The number of carbonyl (C=O) groups is 1. The first-order valence-corrected chi connectivity index (χ1v) is 13.1. The number of aryl methyl sites for hydroxylation is 2. The van der Waals surface area contributed by atoms with Crippen molar-refractivity contribution in [3.05, 3.63) is 82.0 Å². The third kappa shape index (κ3) is 5.00. The Bertz CT molecular complexity index is 1520. The van der Waals surface area contributed by atoms with E-state index in [4.69, 9.17) is 16.1 Å². The molecule has 0 aliphatic rings. The fourth-order valence-corrected chi connectivity index (χ4v) is 5.41. The summed E-state index contributed by atoms with van der Waals surface area (Å²) in [6.45, 7) is 5.70. The summed E-state index contributed by atoms with van der Waals surface area (Å²) in [4.78, 5) is 16.1. The Morgan fingerprint density at radius 2 is 1.83 bits per heavy atom. The number of halogens is 1. The van der Waals surface area contributed by atoms with Crippen LogP contribution in [0.1, 0.15) is 46.5 Å². The van der Waals surface area contributed by atoms with Crippen LogP contribution in [0.15, 0.2) is 57.9 Å². The highest BCUT2D eigenvalue weighted by atomic mass is 35.5. The van der Waals surface area contributed by atoms with E-state index in [-0.39, 0.29) is 28.2 Å². The second-order valence-electron chi connectivity index (χ2n) is 8.33. The Kier molecular flexibility index (Phi) is 7.18. The number of nitrogens with zero attached hydrogens (tertiary/aromatic N) is 3. The van der Waals surface area contributed by atoms with Crippen molar-refractivity contribution in [2.24, 2.45) is 0 Å². The Morgan fingerprint density at radius 3 is 2.44 bits per heavy atom. The molecule has 2 heterocycles. The predicted molar refractivity (Wildman–Crippen MR) is 136 cm³/mol. The summed E-state index contributed by atoms with van der Waals surface area (Å²) in [5.74, 6) is -0.464. The van der Waals surface area contributed by atoms with E-state index in [2.05, 4.69) is 14.9 Å². The average molecular weight is 529 g/mol. The van der Waals surface area contributed by atoms with Crippen molar-refractivity contribution in [3.63, 3.8) is 0 Å². The van der Waals surface area contributed by atoms with Crippen LogP contribution in [0.4, 0.5) is 5.88 Å². The van der Waals surface area contributed by atoms with Gasteiger partial charge in [0.25, 0.3) is 10.0 Å². The lowest BCUT2D eigenvalue weighted by molar-refractivity contribution is 0.0685. The van der Waals surface area contributed by atoms with Crippen LogP contribution in [0, 0.1) is 13.8 Å². The molecule has 11 heteroatoms. The molecule has 2 N–H and O–H groups in total. The second-order valence-corrected chi connectivity index (χ2v) is 10.3. The monoisotopic (exact) mass is 528 g/mol. The van der Waals surface area contributed by atoms with Crippen LogP contribution >= 0.6 is 11.6 Å². The minimum Gasteiger partial charge on any atom is -0.476 e. The van der Waals surface area contributed by atoms with E-state index in [0.717, 1.165) is 12.0 Å². The Hall–Kier alpha value is -3.63. The maximum atomic E-state index is 13.2. The van der Waals surface area contributed by atoms with Crippen molar-refractivity contribution in [2.75, 3.05) is 4.72 Å². The van der Waals surface area contributed by atoms with Gasteiger partial charge in [0.05, 0.1) is 10.6 Å². The van der Waals surface area contributed by atoms with Gasteiger partial charge in [-0.25, -0.2) is 22.9 Å². The first kappa shape index (κ1) is 25.5. The zero-order valence-corrected chi connectivity index (χ0v) is 21.5. The highest BCUT2D eigenvalue weighted by Gasteiger charge is 2.23. The molecule has 0 aliphatic carbocycles. The van der Waals surface area contributed by atoms with E-state index >= 15 is 0 Å². The molecule has 2 aromatic heterocycles. The molecule has 0 unspecified atom stereocenters. The number of aromatic carboxylic acids is 1. The third-order valence-electron chi connectivity index (χ3n) is 5.85. The molecule has 0 saturated heterocycles. The number of sulfonamides is 1. The number of hydrogen-bond donors (Lipinski definition) is 2. The van der Waals surface area contributed by atoms with Gasteiger partial charge in [-0.2, -0.15) is 0 Å². The van der Waals surface area contributed by atoms with Crippen LogP contribution < -0.4 is 4.72 Å². The molecule has 188 valence electrons. The molecule has 36 heavy (non-hydrogen) atoms. The second kappa shape index (κ2) is 10.2. The summed E-state index contributed by atoms with van der Waals surface area (Å²) in [5, 5.41) is 13.4. The number of aromatic nitrogens is 3. The normalized spacial score (nSPS) is 11.6. The van der Waals surface area contributed by atoms with Gasteiger partial charge >= 0.3 is 5.97 Å². The van der Waals surface area contributed by atoms with Gasteiger partial charge in [-0.15, -0.1) is 0 Å². The molecule has 0 fully saturated rings. The van der Waals surface area contributed by atoms with Crippen LogP contribution in [0.2, 0.25) is 5.15 Å². The number of carboxylic acids is 1. The van der Waals surface area contributed by atoms with Crippen molar-refractivity contribution >= 4 is 33.5 Å². The minimum atomic E-state index is -3.96. The minimum absolute atomic E-state index is 0.0357. The number of carboxylic acid groups (broad SMARTS) is 1. The highest BCUT2D eigenvalue weighted by molar-refractivity contribution is 7.92. The summed E-state index contributed by atoms with van der Waals surface area (Å²) in [6.07, 6.45) is 1.38. The molecular weight excluding hydrogens is 504 g/mol. The molecular formula is C25H25ClN4O5S. The Balaban J connectivity index is 1.65. The summed E-state index contributed by atoms with van der Waals surface area (Å²) in [7, 11) is -3.96. The molecule has 0 atom stereocenters. The fraction of sp³-hybridized carbons (Fsp3) is 0.240. The number of hydrogen-bond acceptors (Lipinski definition) is 6. The topological polar surface area (TPSA) is 127 Å². The maximum absolute atomic E-state index is 13.2. The van der Waals surface area contributed by atoms with E-state index in [1.165, 1.54) is 6.07 Å². The van der Waals surface area contributed by atoms with Crippen LogP contribution in [0.25, 0.3) is 11.1 Å². The van der Waals surface area contributed by atoms with Gasteiger partial charge in [-0.1, -0.05) is 66.1 Å². The molecule has 0 bridgehead atoms. The number of rotatable bonds is 9. The predicted octanol–water partition coefficient (Wildman–Crippen LogP) is 5.31. The third-order valence-corrected chi connectivity index (χ3v) is 7.50. The summed E-state index contributed by atoms with van der Waals surface area (Å²) < 4.78 is 35.6. The zero-order chi connectivity index (χ0) is 26.0. The molecule has 0 spiro atoms. The van der Waals surface area contributed by atoms with Gasteiger partial charge in [0, 0.05) is 24.1 Å². The quantitative estimate of drug-likeness (QED) is 0.301. The average Bonchev–Trinajstić information content (AvgIpc) is 3.32. The van der Waals surface area contributed by atoms with Crippen LogP contribution in [0.3, 0.4) is 0 Å². The lowest BCUT2D eigenvalue weighted by atomic mass is 10.0. The Morgan fingerprint density at radius 1 is 1.14 bits per heavy atom.